The first-order valence-electron chi connectivity index (χ1n) is 7.77. The number of ether oxygens (including phenoxy) is 2. The largest absolute Gasteiger partial charge is 0.454 e. The average molecular weight is 357 g/mol. The monoisotopic (exact) mass is 356 g/mol. The number of hydrogen-bond acceptors (Lipinski definition) is 4. The smallest absolute Gasteiger partial charge is 0.231 e. The summed E-state index contributed by atoms with van der Waals surface area (Å²) in [6, 6.07) is 11.9. The van der Waals surface area contributed by atoms with Crippen LogP contribution >= 0.6 is 11.6 Å². The predicted molar refractivity (Wildman–Crippen MR) is 92.5 cm³/mol. The van der Waals surface area contributed by atoms with Crippen LogP contribution in [0.4, 0.5) is 4.39 Å². The number of hydrogen-bond donors (Lipinski definition) is 0. The van der Waals surface area contributed by atoms with E-state index in [0.717, 1.165) is 22.4 Å². The lowest BCUT2D eigenvalue weighted by Gasteiger charge is -2.10. The van der Waals surface area contributed by atoms with E-state index in [0.29, 0.717) is 28.9 Å². The van der Waals surface area contributed by atoms with Crippen molar-refractivity contribution in [1.82, 2.24) is 9.97 Å². The van der Waals surface area contributed by atoms with Gasteiger partial charge in [0.2, 0.25) is 6.79 Å². The molecule has 0 saturated heterocycles. The van der Waals surface area contributed by atoms with Crippen molar-refractivity contribution < 1.29 is 13.9 Å². The van der Waals surface area contributed by atoms with Gasteiger partial charge in [-0.05, 0) is 42.8 Å². The molecule has 4 nitrogen and oxygen atoms in total. The van der Waals surface area contributed by atoms with E-state index in [-0.39, 0.29) is 12.6 Å². The molecule has 3 aromatic rings. The maximum atomic E-state index is 13.1. The van der Waals surface area contributed by atoms with Crippen LogP contribution in [-0.2, 0) is 6.42 Å². The van der Waals surface area contributed by atoms with Crippen LogP contribution in [0.1, 0.15) is 17.0 Å². The normalized spacial score (nSPS) is 12.4. The highest BCUT2D eigenvalue weighted by Crippen LogP contribution is 2.37. The van der Waals surface area contributed by atoms with Crippen molar-refractivity contribution in [3.05, 3.63) is 70.4 Å². The van der Waals surface area contributed by atoms with Gasteiger partial charge in [0, 0.05) is 17.5 Å². The summed E-state index contributed by atoms with van der Waals surface area (Å²) in [6.07, 6.45) is 0.470. The molecule has 0 atom stereocenters. The Kier molecular flexibility index (Phi) is 4.01. The molecule has 0 amide bonds. The molecule has 4 rings (SSSR count). The first-order chi connectivity index (χ1) is 12.1. The maximum absolute atomic E-state index is 13.1. The Morgan fingerprint density at radius 1 is 1.04 bits per heavy atom. The SMILES string of the molecule is Cc1c(Cl)nc(Cc2ccc(F)cc2)nc1-c1ccc2c(c1)OCO2. The minimum absolute atomic E-state index is 0.220. The summed E-state index contributed by atoms with van der Waals surface area (Å²) in [5.41, 5.74) is 3.34. The van der Waals surface area contributed by atoms with Crippen LogP contribution in [0.15, 0.2) is 42.5 Å². The van der Waals surface area contributed by atoms with E-state index in [2.05, 4.69) is 9.97 Å². The minimum atomic E-state index is -0.271. The van der Waals surface area contributed by atoms with Crippen LogP contribution < -0.4 is 9.47 Å². The Morgan fingerprint density at radius 3 is 2.60 bits per heavy atom. The minimum Gasteiger partial charge on any atom is -0.454 e. The predicted octanol–water partition coefficient (Wildman–Crippen LogP) is 4.56. The van der Waals surface area contributed by atoms with Gasteiger partial charge in [0.25, 0.3) is 0 Å². The lowest BCUT2D eigenvalue weighted by Crippen LogP contribution is -2.02. The summed E-state index contributed by atoms with van der Waals surface area (Å²) in [7, 11) is 0. The highest BCUT2D eigenvalue weighted by molar-refractivity contribution is 6.30. The number of rotatable bonds is 3. The van der Waals surface area contributed by atoms with E-state index in [4.69, 9.17) is 21.1 Å². The lowest BCUT2D eigenvalue weighted by molar-refractivity contribution is 0.174. The Balaban J connectivity index is 1.72. The van der Waals surface area contributed by atoms with Gasteiger partial charge in [-0.3, -0.25) is 0 Å². The third-order valence-corrected chi connectivity index (χ3v) is 4.42. The van der Waals surface area contributed by atoms with Gasteiger partial charge in [0.05, 0.1) is 5.69 Å². The Morgan fingerprint density at radius 2 is 1.80 bits per heavy atom. The molecule has 2 heterocycles. The second kappa shape index (κ2) is 6.33. The summed E-state index contributed by atoms with van der Waals surface area (Å²) >= 11 is 6.31. The van der Waals surface area contributed by atoms with Crippen LogP contribution in [-0.4, -0.2) is 16.8 Å². The number of halogens is 2. The van der Waals surface area contributed by atoms with E-state index < -0.39 is 0 Å². The quantitative estimate of drug-likeness (QED) is 0.645. The molecule has 2 aromatic carbocycles. The summed E-state index contributed by atoms with van der Waals surface area (Å²) in [6.45, 7) is 2.10. The molecule has 0 unspecified atom stereocenters. The molecule has 6 heteroatoms. The maximum Gasteiger partial charge on any atom is 0.231 e. The third-order valence-electron chi connectivity index (χ3n) is 4.05. The van der Waals surface area contributed by atoms with Crippen LogP contribution in [0.2, 0.25) is 5.15 Å². The Bertz CT molecular complexity index is 945. The second-order valence-corrected chi connectivity index (χ2v) is 6.13. The summed E-state index contributed by atoms with van der Waals surface area (Å²) in [4.78, 5) is 9.01. The topological polar surface area (TPSA) is 44.2 Å². The third kappa shape index (κ3) is 3.15. The zero-order valence-corrected chi connectivity index (χ0v) is 14.2. The van der Waals surface area contributed by atoms with Crippen LogP contribution in [0.3, 0.4) is 0 Å². The Hall–Kier alpha value is -2.66. The van der Waals surface area contributed by atoms with Gasteiger partial charge in [-0.25, -0.2) is 14.4 Å². The first kappa shape index (κ1) is 15.8. The lowest BCUT2D eigenvalue weighted by atomic mass is 10.1. The molecule has 0 radical (unpaired) electrons. The van der Waals surface area contributed by atoms with Crippen molar-refractivity contribution in [2.24, 2.45) is 0 Å². The van der Waals surface area contributed by atoms with E-state index >= 15 is 0 Å². The van der Waals surface area contributed by atoms with Gasteiger partial charge in [-0.1, -0.05) is 23.7 Å². The molecular weight excluding hydrogens is 343 g/mol. The molecule has 0 saturated carbocycles. The van der Waals surface area contributed by atoms with Gasteiger partial charge in [-0.15, -0.1) is 0 Å². The van der Waals surface area contributed by atoms with Gasteiger partial charge >= 0.3 is 0 Å². The van der Waals surface area contributed by atoms with Gasteiger partial charge in [0.15, 0.2) is 11.5 Å². The fourth-order valence-corrected chi connectivity index (χ4v) is 2.91. The van der Waals surface area contributed by atoms with E-state index in [9.17, 15) is 4.39 Å². The highest BCUT2D eigenvalue weighted by Gasteiger charge is 2.17. The number of nitrogens with zero attached hydrogens (tertiary/aromatic N) is 2. The zero-order valence-electron chi connectivity index (χ0n) is 13.4. The Labute approximate surface area is 149 Å². The number of aromatic nitrogens is 2. The van der Waals surface area contributed by atoms with Crippen molar-refractivity contribution in [3.8, 4) is 22.8 Å². The van der Waals surface area contributed by atoms with Crippen molar-refractivity contribution in [1.29, 1.82) is 0 Å². The molecule has 0 fully saturated rings. The fourth-order valence-electron chi connectivity index (χ4n) is 2.72. The van der Waals surface area contributed by atoms with Crippen molar-refractivity contribution in [2.75, 3.05) is 6.79 Å². The van der Waals surface area contributed by atoms with E-state index in [1.807, 2.05) is 25.1 Å². The summed E-state index contributed by atoms with van der Waals surface area (Å²) in [5.74, 6) is 1.71. The molecular formula is C19H14ClFN2O2. The number of benzene rings is 2. The van der Waals surface area contributed by atoms with Gasteiger partial charge in [0.1, 0.15) is 16.8 Å². The summed E-state index contributed by atoms with van der Waals surface area (Å²) in [5, 5.41) is 0.403. The van der Waals surface area contributed by atoms with E-state index in [1.54, 1.807) is 12.1 Å². The van der Waals surface area contributed by atoms with Gasteiger partial charge < -0.3 is 9.47 Å². The van der Waals surface area contributed by atoms with Crippen molar-refractivity contribution in [2.45, 2.75) is 13.3 Å². The van der Waals surface area contributed by atoms with Crippen molar-refractivity contribution >= 4 is 11.6 Å². The summed E-state index contributed by atoms with van der Waals surface area (Å²) < 4.78 is 23.8. The second-order valence-electron chi connectivity index (χ2n) is 5.78. The first-order valence-corrected chi connectivity index (χ1v) is 8.15. The van der Waals surface area contributed by atoms with Crippen LogP contribution in [0.5, 0.6) is 11.5 Å². The van der Waals surface area contributed by atoms with Crippen molar-refractivity contribution in [3.63, 3.8) is 0 Å². The molecule has 0 aliphatic carbocycles. The molecule has 25 heavy (non-hydrogen) atoms. The number of fused-ring (bicyclic) bond motifs is 1. The zero-order chi connectivity index (χ0) is 17.4. The molecule has 0 spiro atoms. The van der Waals surface area contributed by atoms with Gasteiger partial charge in [-0.2, -0.15) is 0 Å². The van der Waals surface area contributed by atoms with Crippen LogP contribution in [0, 0.1) is 12.7 Å². The molecule has 126 valence electrons. The van der Waals surface area contributed by atoms with E-state index in [1.165, 1.54) is 12.1 Å². The standard InChI is InChI=1S/C19H14ClFN2O2/c1-11-18(13-4-7-15-16(9-13)25-10-24-15)22-17(23-19(11)20)8-12-2-5-14(21)6-3-12/h2-7,9H,8,10H2,1H3. The molecule has 1 aliphatic heterocycles. The molecule has 0 N–H and O–H groups in total. The molecule has 1 aromatic heterocycles. The average Bonchev–Trinajstić information content (AvgIpc) is 3.07. The van der Waals surface area contributed by atoms with Crippen LogP contribution in [0.25, 0.3) is 11.3 Å². The molecule has 0 bridgehead atoms. The fraction of sp³-hybridized carbons (Fsp3) is 0.158. The highest BCUT2D eigenvalue weighted by atomic mass is 35.5. The molecule has 1 aliphatic rings.